The molecule has 0 aliphatic heterocycles. The van der Waals surface area contributed by atoms with Gasteiger partial charge in [0.05, 0.1) is 13.2 Å². The lowest BCUT2D eigenvalue weighted by molar-refractivity contribution is 0.406. The van der Waals surface area contributed by atoms with Gasteiger partial charge < -0.3 is 15.2 Å². The van der Waals surface area contributed by atoms with Crippen molar-refractivity contribution >= 4 is 5.69 Å². The number of phenols is 1. The number of phenolic OH excluding ortho intramolecular Hbond substituents is 1. The van der Waals surface area contributed by atoms with Gasteiger partial charge in [-0.2, -0.15) is 0 Å². The van der Waals surface area contributed by atoms with E-state index in [9.17, 15) is 9.50 Å². The van der Waals surface area contributed by atoms with E-state index in [2.05, 4.69) is 5.32 Å². The first-order valence-electron chi connectivity index (χ1n) is 6.41. The third-order valence-electron chi connectivity index (χ3n) is 3.26. The first-order valence-corrected chi connectivity index (χ1v) is 6.41. The third kappa shape index (κ3) is 3.02. The Hall–Kier alpha value is -2.23. The normalized spacial score (nSPS) is 12.0. The number of benzene rings is 2. The van der Waals surface area contributed by atoms with Crippen LogP contribution < -0.4 is 10.1 Å². The van der Waals surface area contributed by atoms with E-state index in [1.807, 2.05) is 19.9 Å². The molecule has 3 nitrogen and oxygen atoms in total. The van der Waals surface area contributed by atoms with Gasteiger partial charge in [-0.1, -0.05) is 0 Å². The monoisotopic (exact) mass is 275 g/mol. The van der Waals surface area contributed by atoms with E-state index >= 15 is 0 Å². The number of ether oxygens (including phenoxy) is 1. The summed E-state index contributed by atoms with van der Waals surface area (Å²) >= 11 is 0. The molecule has 0 amide bonds. The van der Waals surface area contributed by atoms with E-state index in [1.165, 1.54) is 12.1 Å². The highest BCUT2D eigenvalue weighted by atomic mass is 19.1. The summed E-state index contributed by atoms with van der Waals surface area (Å²) in [5.74, 6) is 0.522. The average molecular weight is 275 g/mol. The van der Waals surface area contributed by atoms with Crippen molar-refractivity contribution in [1.82, 2.24) is 0 Å². The smallest absolute Gasteiger partial charge is 0.124 e. The van der Waals surface area contributed by atoms with Crippen molar-refractivity contribution < 1.29 is 14.2 Å². The zero-order valence-electron chi connectivity index (χ0n) is 11.8. The summed E-state index contributed by atoms with van der Waals surface area (Å²) in [6, 6.07) is 9.66. The van der Waals surface area contributed by atoms with Crippen LogP contribution in [0.25, 0.3) is 0 Å². The molecular formula is C16H18FNO2. The lowest BCUT2D eigenvalue weighted by Gasteiger charge is -2.19. The molecule has 106 valence electrons. The molecular weight excluding hydrogens is 257 g/mol. The number of aryl methyl sites for hydroxylation is 1. The van der Waals surface area contributed by atoms with Gasteiger partial charge in [0, 0.05) is 17.3 Å². The number of aromatic hydroxyl groups is 1. The maximum absolute atomic E-state index is 13.1. The van der Waals surface area contributed by atoms with Crippen molar-refractivity contribution in [2.24, 2.45) is 0 Å². The highest BCUT2D eigenvalue weighted by molar-refractivity contribution is 5.53. The Morgan fingerprint density at radius 2 is 1.95 bits per heavy atom. The first kappa shape index (κ1) is 14.2. The van der Waals surface area contributed by atoms with E-state index < -0.39 is 0 Å². The average Bonchev–Trinajstić information content (AvgIpc) is 2.41. The van der Waals surface area contributed by atoms with Crippen molar-refractivity contribution in [3.63, 3.8) is 0 Å². The summed E-state index contributed by atoms with van der Waals surface area (Å²) in [5.41, 5.74) is 2.42. The van der Waals surface area contributed by atoms with Gasteiger partial charge in [-0.3, -0.25) is 0 Å². The standard InChI is InChI=1S/C16H18FNO2/c1-10-8-12(17)4-7-15(10)18-11(2)14-6-5-13(20-3)9-16(14)19/h4-9,11,18-19H,1-3H3. The topological polar surface area (TPSA) is 41.5 Å². The SMILES string of the molecule is COc1ccc(C(C)Nc2ccc(F)cc2C)c(O)c1. The molecule has 2 N–H and O–H groups in total. The fourth-order valence-electron chi connectivity index (χ4n) is 2.12. The molecule has 0 heterocycles. The quantitative estimate of drug-likeness (QED) is 0.885. The Morgan fingerprint density at radius 3 is 2.55 bits per heavy atom. The molecule has 2 rings (SSSR count). The molecule has 1 unspecified atom stereocenters. The Bertz CT molecular complexity index is 613. The van der Waals surface area contributed by atoms with Gasteiger partial charge >= 0.3 is 0 Å². The fourth-order valence-corrected chi connectivity index (χ4v) is 2.12. The second-order valence-electron chi connectivity index (χ2n) is 4.75. The second kappa shape index (κ2) is 5.82. The van der Waals surface area contributed by atoms with E-state index in [1.54, 1.807) is 25.3 Å². The summed E-state index contributed by atoms with van der Waals surface area (Å²) < 4.78 is 18.1. The minimum Gasteiger partial charge on any atom is -0.507 e. The Balaban J connectivity index is 2.21. The summed E-state index contributed by atoms with van der Waals surface area (Å²) in [6.45, 7) is 3.77. The molecule has 20 heavy (non-hydrogen) atoms. The number of hydrogen-bond acceptors (Lipinski definition) is 3. The van der Waals surface area contributed by atoms with Crippen LogP contribution >= 0.6 is 0 Å². The summed E-state index contributed by atoms with van der Waals surface area (Å²) in [7, 11) is 1.55. The van der Waals surface area contributed by atoms with Crippen LogP contribution in [0.4, 0.5) is 10.1 Å². The van der Waals surface area contributed by atoms with Crippen molar-refractivity contribution in [3.05, 3.63) is 53.3 Å². The molecule has 0 fully saturated rings. The van der Waals surface area contributed by atoms with Gasteiger partial charge in [0.1, 0.15) is 17.3 Å². The highest BCUT2D eigenvalue weighted by Gasteiger charge is 2.12. The Morgan fingerprint density at radius 1 is 1.20 bits per heavy atom. The lowest BCUT2D eigenvalue weighted by atomic mass is 10.1. The number of halogens is 1. The minimum absolute atomic E-state index is 0.106. The molecule has 0 radical (unpaired) electrons. The predicted molar refractivity (Wildman–Crippen MR) is 77.8 cm³/mol. The second-order valence-corrected chi connectivity index (χ2v) is 4.75. The van der Waals surface area contributed by atoms with Gasteiger partial charge in [0.25, 0.3) is 0 Å². The molecule has 0 saturated heterocycles. The molecule has 4 heteroatoms. The molecule has 0 saturated carbocycles. The van der Waals surface area contributed by atoms with Crippen molar-refractivity contribution in [2.75, 3.05) is 12.4 Å². The molecule has 0 aromatic heterocycles. The van der Waals surface area contributed by atoms with Crippen LogP contribution in [-0.4, -0.2) is 12.2 Å². The zero-order valence-corrected chi connectivity index (χ0v) is 11.8. The number of hydrogen-bond donors (Lipinski definition) is 2. The maximum Gasteiger partial charge on any atom is 0.124 e. The largest absolute Gasteiger partial charge is 0.507 e. The van der Waals surface area contributed by atoms with Crippen molar-refractivity contribution in [2.45, 2.75) is 19.9 Å². The maximum atomic E-state index is 13.1. The van der Waals surface area contributed by atoms with E-state index in [0.717, 1.165) is 16.8 Å². The lowest BCUT2D eigenvalue weighted by Crippen LogP contribution is -2.08. The van der Waals surface area contributed by atoms with Crippen LogP contribution in [0.2, 0.25) is 0 Å². The van der Waals surface area contributed by atoms with Crippen LogP contribution in [0.15, 0.2) is 36.4 Å². The van der Waals surface area contributed by atoms with Crippen LogP contribution in [0, 0.1) is 12.7 Å². The van der Waals surface area contributed by atoms with Crippen LogP contribution in [0.1, 0.15) is 24.1 Å². The van der Waals surface area contributed by atoms with E-state index in [4.69, 9.17) is 4.74 Å². The molecule has 2 aromatic rings. The molecule has 2 aromatic carbocycles. The first-order chi connectivity index (χ1) is 9.51. The summed E-state index contributed by atoms with van der Waals surface area (Å²) in [4.78, 5) is 0. The van der Waals surface area contributed by atoms with E-state index in [-0.39, 0.29) is 17.6 Å². The summed E-state index contributed by atoms with van der Waals surface area (Å²) in [5, 5.41) is 13.3. The van der Waals surface area contributed by atoms with Crippen LogP contribution in [0.3, 0.4) is 0 Å². The van der Waals surface area contributed by atoms with Gasteiger partial charge in [-0.05, 0) is 49.7 Å². The number of nitrogens with one attached hydrogen (secondary N) is 1. The van der Waals surface area contributed by atoms with Gasteiger partial charge in [0.2, 0.25) is 0 Å². The molecule has 0 aliphatic carbocycles. The predicted octanol–water partition coefficient (Wildman–Crippen LogP) is 4.02. The zero-order chi connectivity index (χ0) is 14.7. The minimum atomic E-state index is -0.256. The fraction of sp³-hybridized carbons (Fsp3) is 0.250. The van der Waals surface area contributed by atoms with Gasteiger partial charge in [0.15, 0.2) is 0 Å². The number of methoxy groups -OCH3 is 1. The molecule has 0 aliphatic rings. The van der Waals surface area contributed by atoms with Gasteiger partial charge in [-0.25, -0.2) is 4.39 Å². The van der Waals surface area contributed by atoms with Crippen LogP contribution in [-0.2, 0) is 0 Å². The molecule has 0 spiro atoms. The van der Waals surface area contributed by atoms with Gasteiger partial charge in [-0.15, -0.1) is 0 Å². The Kier molecular flexibility index (Phi) is 4.13. The summed E-state index contributed by atoms with van der Waals surface area (Å²) in [6.07, 6.45) is 0. The van der Waals surface area contributed by atoms with Crippen molar-refractivity contribution in [3.8, 4) is 11.5 Å². The highest BCUT2D eigenvalue weighted by Crippen LogP contribution is 2.31. The number of anilines is 1. The number of rotatable bonds is 4. The Labute approximate surface area is 118 Å². The van der Waals surface area contributed by atoms with Crippen LogP contribution in [0.5, 0.6) is 11.5 Å². The van der Waals surface area contributed by atoms with Crippen molar-refractivity contribution in [1.29, 1.82) is 0 Å². The molecule has 0 bridgehead atoms. The van der Waals surface area contributed by atoms with E-state index in [0.29, 0.717) is 5.75 Å². The third-order valence-corrected chi connectivity index (χ3v) is 3.26. The molecule has 1 atom stereocenters.